The highest BCUT2D eigenvalue weighted by Crippen LogP contribution is 2.44. The first-order valence-electron chi connectivity index (χ1n) is 20.4. The van der Waals surface area contributed by atoms with Crippen LogP contribution in [0.15, 0.2) is 45.0 Å². The van der Waals surface area contributed by atoms with Gasteiger partial charge in [-0.15, -0.1) is 0 Å². The van der Waals surface area contributed by atoms with E-state index in [0.717, 1.165) is 58.6 Å². The number of hydrazone groups is 2. The van der Waals surface area contributed by atoms with Crippen molar-refractivity contribution in [3.05, 3.63) is 45.9 Å². The summed E-state index contributed by atoms with van der Waals surface area (Å²) in [7, 11) is 0. The lowest BCUT2D eigenvalue weighted by Gasteiger charge is -2.39. The molecule has 16 nitrogen and oxygen atoms in total. The lowest BCUT2D eigenvalue weighted by atomic mass is 9.88. The number of anilines is 2. The van der Waals surface area contributed by atoms with E-state index in [1.165, 1.54) is 5.56 Å². The molecule has 2 N–H and O–H groups in total. The molecule has 2 atom stereocenters. The van der Waals surface area contributed by atoms with Gasteiger partial charge in [-0.05, 0) is 128 Å². The molecule has 2 aromatic rings. The van der Waals surface area contributed by atoms with Crippen molar-refractivity contribution in [1.82, 2.24) is 20.7 Å². The smallest absolute Gasteiger partial charge is 0.410 e. The van der Waals surface area contributed by atoms with Crippen molar-refractivity contribution in [1.29, 1.82) is 0 Å². The Labute approximate surface area is 353 Å². The maximum absolute atomic E-state index is 12.4. The monoisotopic (exact) mass is 878 g/mol. The van der Waals surface area contributed by atoms with E-state index in [1.807, 2.05) is 77.3 Å². The summed E-state index contributed by atoms with van der Waals surface area (Å²) in [5.41, 5.74) is 8.20. The third-order valence-electron chi connectivity index (χ3n) is 11.2. The van der Waals surface area contributed by atoms with Gasteiger partial charge in [0.15, 0.2) is 11.7 Å². The minimum absolute atomic E-state index is 0.127. The summed E-state index contributed by atoms with van der Waals surface area (Å²) in [5.74, 6) is 3.27. The Morgan fingerprint density at radius 3 is 1.64 bits per heavy atom. The molecule has 17 heteroatoms. The molecule has 318 valence electrons. The number of nitrogens with zero attached hydrogens (tertiary/aromatic N) is 6. The number of benzene rings is 2. The molecule has 2 aromatic carbocycles. The second-order valence-corrected chi connectivity index (χ2v) is 18.6. The number of carbonyl (C=O) groups is 4. The van der Waals surface area contributed by atoms with Gasteiger partial charge in [0.2, 0.25) is 0 Å². The zero-order valence-electron chi connectivity index (χ0n) is 35.1. The number of hydrogen-bond donors (Lipinski definition) is 2. The third kappa shape index (κ3) is 9.24. The summed E-state index contributed by atoms with van der Waals surface area (Å²) in [6.07, 6.45) is 2.92. The van der Waals surface area contributed by atoms with Crippen molar-refractivity contribution in [2.45, 2.75) is 116 Å². The predicted octanol–water partition coefficient (Wildman–Crippen LogP) is 6.43. The van der Waals surface area contributed by atoms with Crippen molar-refractivity contribution in [3.63, 3.8) is 0 Å². The highest BCUT2D eigenvalue weighted by Gasteiger charge is 2.38. The van der Waals surface area contributed by atoms with E-state index in [-0.39, 0.29) is 36.1 Å². The number of piperidine rings is 2. The Morgan fingerprint density at radius 2 is 1.15 bits per heavy atom. The van der Waals surface area contributed by atoms with Crippen molar-refractivity contribution >= 4 is 63.0 Å². The van der Waals surface area contributed by atoms with Gasteiger partial charge in [-0.1, -0.05) is 22.0 Å². The molecule has 6 aliphatic heterocycles. The molecule has 2 saturated heterocycles. The summed E-state index contributed by atoms with van der Waals surface area (Å²) < 4.78 is 23.7. The van der Waals surface area contributed by atoms with Crippen LogP contribution in [0.2, 0.25) is 0 Å². The van der Waals surface area contributed by atoms with Gasteiger partial charge in [0, 0.05) is 30.7 Å². The predicted molar refractivity (Wildman–Crippen MR) is 226 cm³/mol. The number of amides is 4. The Bertz CT molecular complexity index is 2050. The van der Waals surface area contributed by atoms with Crippen LogP contribution in [0.4, 0.5) is 21.0 Å². The zero-order valence-corrected chi connectivity index (χ0v) is 36.7. The first-order valence-corrected chi connectivity index (χ1v) is 21.2. The van der Waals surface area contributed by atoms with E-state index in [2.05, 4.69) is 55.2 Å². The van der Waals surface area contributed by atoms with E-state index < -0.39 is 11.2 Å². The minimum atomic E-state index is -0.494. The molecule has 59 heavy (non-hydrogen) atoms. The number of nitrogens with one attached hydrogen (secondary N) is 2. The molecule has 2 unspecified atom stereocenters. The van der Waals surface area contributed by atoms with Crippen molar-refractivity contribution in [2.75, 3.05) is 49.2 Å². The molecule has 0 spiro atoms. The van der Waals surface area contributed by atoms with Crippen LogP contribution >= 0.6 is 15.9 Å². The lowest BCUT2D eigenvalue weighted by molar-refractivity contribution is -0.123. The molecule has 0 aliphatic carbocycles. The Balaban J connectivity index is 0.000000179. The molecular formula is C42H55BrN8O8. The third-order valence-corrected chi connectivity index (χ3v) is 11.9. The molecule has 8 rings (SSSR count). The van der Waals surface area contributed by atoms with Crippen LogP contribution < -0.4 is 30.1 Å². The Hall–Kier alpha value is -5.06. The average Bonchev–Trinajstić information content (AvgIpc) is 3.19. The maximum atomic E-state index is 12.4. The normalized spacial score (nSPS) is 22.0. The standard InChI is InChI=1S/C21H27BrN4O4.C21H28N4O4/c1-12-19(27)24-23-18-11-29-17-10-15(22)14(9-16(17)26(12)18)13-5-7-25(8-6-13)20(28)30-21(2,3)4;1-13-19(26)23-22-18-12-28-17-6-5-15(11-16(17)25(13)18)14-7-9-24(10-8-14)20(27)29-21(2,3)4/h9-10,12-13H,5-8,11H2,1-4H3,(H,24,27);5-6,11,13-14H,7-10,12H2,1-4H3,(H,23,26). The number of halogens is 1. The average molecular weight is 880 g/mol. The minimum Gasteiger partial charge on any atom is -0.483 e. The highest BCUT2D eigenvalue weighted by molar-refractivity contribution is 9.10. The molecule has 0 bridgehead atoms. The fraction of sp³-hybridized carbons (Fsp3) is 0.571. The molecule has 6 aliphatic rings. The van der Waals surface area contributed by atoms with Gasteiger partial charge < -0.3 is 38.5 Å². The number of ether oxygens (including phenoxy) is 4. The first kappa shape index (κ1) is 42.1. The van der Waals surface area contributed by atoms with E-state index >= 15 is 0 Å². The zero-order chi connectivity index (χ0) is 42.4. The maximum Gasteiger partial charge on any atom is 0.410 e. The van der Waals surface area contributed by atoms with Gasteiger partial charge in [0.1, 0.15) is 48.0 Å². The SMILES string of the molecule is CC1C(=O)NN=C2COc3cc(Br)c(C4CCN(C(=O)OC(C)(C)C)CC4)cc3N21.CC1C(=O)NN=C2COc3ccc(C4CCN(C(=O)OC(C)(C)C)CC4)cc3N21. The first-order chi connectivity index (χ1) is 27.9. The summed E-state index contributed by atoms with van der Waals surface area (Å²) in [6, 6.07) is 9.53. The molecule has 0 radical (unpaired) electrons. The van der Waals surface area contributed by atoms with Gasteiger partial charge >= 0.3 is 12.2 Å². The number of likely N-dealkylation sites (tertiary alicyclic amines) is 2. The molecule has 2 fully saturated rings. The summed E-state index contributed by atoms with van der Waals surface area (Å²) in [6.45, 7) is 18.3. The van der Waals surface area contributed by atoms with Crippen LogP contribution in [-0.4, -0.2) is 108 Å². The quantitative estimate of drug-likeness (QED) is 0.344. The van der Waals surface area contributed by atoms with Crippen molar-refractivity contribution in [3.8, 4) is 11.5 Å². The van der Waals surface area contributed by atoms with Crippen LogP contribution in [0.5, 0.6) is 11.5 Å². The van der Waals surface area contributed by atoms with Gasteiger partial charge in [0.25, 0.3) is 11.8 Å². The second kappa shape index (κ2) is 16.5. The van der Waals surface area contributed by atoms with Crippen molar-refractivity contribution < 1.29 is 38.1 Å². The van der Waals surface area contributed by atoms with Crippen molar-refractivity contribution in [2.24, 2.45) is 10.2 Å². The van der Waals surface area contributed by atoms with E-state index in [0.29, 0.717) is 62.9 Å². The van der Waals surface area contributed by atoms with Crippen LogP contribution in [0, 0.1) is 0 Å². The molecule has 0 aromatic heterocycles. The Morgan fingerprint density at radius 1 is 0.695 bits per heavy atom. The fourth-order valence-corrected chi connectivity index (χ4v) is 8.74. The number of rotatable bonds is 2. The summed E-state index contributed by atoms with van der Waals surface area (Å²) >= 11 is 3.70. The van der Waals surface area contributed by atoms with Crippen LogP contribution in [0.3, 0.4) is 0 Å². The molecule has 0 saturated carbocycles. The van der Waals surface area contributed by atoms with Crippen LogP contribution in [-0.2, 0) is 19.1 Å². The highest BCUT2D eigenvalue weighted by atomic mass is 79.9. The van der Waals surface area contributed by atoms with E-state index in [1.54, 1.807) is 9.80 Å². The number of amidine groups is 2. The summed E-state index contributed by atoms with van der Waals surface area (Å²) in [5, 5.41) is 8.30. The number of hydrogen-bond acceptors (Lipinski definition) is 12. The van der Waals surface area contributed by atoms with E-state index in [4.69, 9.17) is 18.9 Å². The molecule has 4 amide bonds. The second-order valence-electron chi connectivity index (χ2n) is 17.7. The fourth-order valence-electron chi connectivity index (χ4n) is 8.10. The summed E-state index contributed by atoms with van der Waals surface area (Å²) in [4.78, 5) is 56.4. The molecular weight excluding hydrogens is 824 g/mol. The topological polar surface area (TPSA) is 167 Å². The number of fused-ring (bicyclic) bond motifs is 6. The lowest BCUT2D eigenvalue weighted by Crippen LogP contribution is -2.55. The van der Waals surface area contributed by atoms with Crippen LogP contribution in [0.1, 0.15) is 104 Å². The van der Waals surface area contributed by atoms with E-state index in [9.17, 15) is 19.2 Å². The van der Waals surface area contributed by atoms with Gasteiger partial charge in [0.05, 0.1) is 11.4 Å². The Kier molecular flexibility index (Phi) is 11.8. The van der Waals surface area contributed by atoms with Gasteiger partial charge in [-0.25, -0.2) is 20.4 Å². The van der Waals surface area contributed by atoms with Gasteiger partial charge in [-0.2, -0.15) is 10.2 Å². The molecule has 6 heterocycles. The van der Waals surface area contributed by atoms with Gasteiger partial charge in [-0.3, -0.25) is 9.59 Å². The number of carbonyl (C=O) groups excluding carboxylic acids is 4. The largest absolute Gasteiger partial charge is 0.483 e. The van der Waals surface area contributed by atoms with Crippen LogP contribution in [0.25, 0.3) is 0 Å².